The first kappa shape index (κ1) is 13.8. The van der Waals surface area contributed by atoms with Gasteiger partial charge >= 0.3 is 0 Å². The minimum Gasteiger partial charge on any atom is -0.397 e. The van der Waals surface area contributed by atoms with Crippen LogP contribution < -0.4 is 11.3 Å². The molecule has 0 saturated carbocycles. The van der Waals surface area contributed by atoms with Crippen molar-refractivity contribution in [1.29, 1.82) is 5.26 Å². The van der Waals surface area contributed by atoms with Crippen LogP contribution in [0.25, 0.3) is 0 Å². The predicted octanol–water partition coefficient (Wildman–Crippen LogP) is 2.44. The molecule has 0 aromatic carbocycles. The van der Waals surface area contributed by atoms with E-state index in [1.807, 2.05) is 13.8 Å². The zero-order valence-corrected chi connectivity index (χ0v) is 11.8. The maximum Gasteiger partial charge on any atom is 0.265 e. The molecule has 17 heavy (non-hydrogen) atoms. The largest absolute Gasteiger partial charge is 0.397 e. The summed E-state index contributed by atoms with van der Waals surface area (Å²) in [5.74, 6) is 0. The van der Waals surface area contributed by atoms with Crippen molar-refractivity contribution in [3.05, 3.63) is 26.6 Å². The lowest BCUT2D eigenvalue weighted by Gasteiger charge is -2.16. The molecule has 1 aromatic heterocycles. The summed E-state index contributed by atoms with van der Waals surface area (Å²) < 4.78 is 2.04. The summed E-state index contributed by atoms with van der Waals surface area (Å²) in [7, 11) is 0. The Morgan fingerprint density at radius 1 is 1.59 bits per heavy atom. The molecule has 0 fully saturated rings. The summed E-state index contributed by atoms with van der Waals surface area (Å²) in [6.07, 6.45) is 2.24. The van der Waals surface area contributed by atoms with Crippen molar-refractivity contribution in [2.75, 3.05) is 5.73 Å². The second-order valence-electron chi connectivity index (χ2n) is 4.77. The molecular weight excluding hydrogens is 282 g/mol. The van der Waals surface area contributed by atoms with Gasteiger partial charge in [0.25, 0.3) is 5.56 Å². The van der Waals surface area contributed by atoms with E-state index >= 15 is 0 Å². The normalized spacial score (nSPS) is 11.2. The first-order valence-corrected chi connectivity index (χ1v) is 6.14. The molecular formula is C12H16BrN3O. The number of halogens is 1. The number of nitrogens with two attached hydrogens (primary N) is 1. The molecule has 0 aliphatic heterocycles. The van der Waals surface area contributed by atoms with E-state index in [2.05, 4.69) is 22.0 Å². The molecule has 0 amide bonds. The Balaban J connectivity index is 3.03. The first-order valence-electron chi connectivity index (χ1n) is 5.35. The van der Waals surface area contributed by atoms with E-state index < -0.39 is 5.41 Å². The number of rotatable bonds is 3. The Labute approximate surface area is 109 Å². The summed E-state index contributed by atoms with van der Waals surface area (Å²) in [6, 6.07) is 2.21. The van der Waals surface area contributed by atoms with E-state index in [9.17, 15) is 4.79 Å². The van der Waals surface area contributed by atoms with Crippen LogP contribution in [-0.4, -0.2) is 4.57 Å². The van der Waals surface area contributed by atoms with Crippen molar-refractivity contribution >= 4 is 21.6 Å². The second-order valence-corrected chi connectivity index (χ2v) is 5.56. The van der Waals surface area contributed by atoms with E-state index in [1.54, 1.807) is 17.7 Å². The average Bonchev–Trinajstić information content (AvgIpc) is 2.29. The molecule has 0 atom stereocenters. The van der Waals surface area contributed by atoms with Gasteiger partial charge in [-0.05, 0) is 48.7 Å². The molecule has 5 heteroatoms. The van der Waals surface area contributed by atoms with E-state index in [4.69, 9.17) is 11.0 Å². The SMILES string of the molecule is Cc1c(N)cn(CCC(C)(C)C#N)c(=O)c1Br. The zero-order chi connectivity index (χ0) is 13.2. The highest BCUT2D eigenvalue weighted by Crippen LogP contribution is 2.21. The van der Waals surface area contributed by atoms with Crippen LogP contribution in [0.3, 0.4) is 0 Å². The highest BCUT2D eigenvalue weighted by atomic mass is 79.9. The molecule has 1 rings (SSSR count). The lowest BCUT2D eigenvalue weighted by molar-refractivity contribution is 0.409. The van der Waals surface area contributed by atoms with Crippen LogP contribution in [0, 0.1) is 23.7 Å². The van der Waals surface area contributed by atoms with Gasteiger partial charge < -0.3 is 10.3 Å². The van der Waals surface area contributed by atoms with Crippen LogP contribution in [0.2, 0.25) is 0 Å². The number of nitrogen functional groups attached to an aromatic ring is 1. The molecule has 0 radical (unpaired) electrons. The minimum absolute atomic E-state index is 0.106. The molecule has 4 nitrogen and oxygen atoms in total. The number of nitriles is 1. The van der Waals surface area contributed by atoms with E-state index in [0.717, 1.165) is 5.56 Å². The molecule has 0 saturated heterocycles. The zero-order valence-electron chi connectivity index (χ0n) is 10.2. The Morgan fingerprint density at radius 2 is 2.18 bits per heavy atom. The van der Waals surface area contributed by atoms with E-state index in [0.29, 0.717) is 23.1 Å². The molecule has 2 N–H and O–H groups in total. The third-order valence-electron chi connectivity index (χ3n) is 2.79. The third kappa shape index (κ3) is 3.10. The van der Waals surface area contributed by atoms with Gasteiger partial charge in [-0.1, -0.05) is 0 Å². The van der Waals surface area contributed by atoms with Crippen LogP contribution in [0.4, 0.5) is 5.69 Å². The molecule has 1 heterocycles. The maximum absolute atomic E-state index is 11.9. The number of hydrogen-bond acceptors (Lipinski definition) is 3. The highest BCUT2D eigenvalue weighted by molar-refractivity contribution is 9.10. The summed E-state index contributed by atoms with van der Waals surface area (Å²) in [4.78, 5) is 11.9. The number of nitrogens with zero attached hydrogens (tertiary/aromatic N) is 2. The monoisotopic (exact) mass is 297 g/mol. The summed E-state index contributed by atoms with van der Waals surface area (Å²) in [6.45, 7) is 5.99. The topological polar surface area (TPSA) is 71.8 Å². The number of aromatic nitrogens is 1. The smallest absolute Gasteiger partial charge is 0.265 e. The summed E-state index contributed by atoms with van der Waals surface area (Å²) in [5, 5.41) is 8.92. The molecule has 0 aliphatic carbocycles. The predicted molar refractivity (Wildman–Crippen MR) is 71.6 cm³/mol. The first-order chi connectivity index (χ1) is 7.78. The minimum atomic E-state index is -0.439. The van der Waals surface area contributed by atoms with Crippen LogP contribution in [0.15, 0.2) is 15.5 Å². The van der Waals surface area contributed by atoms with Crippen LogP contribution in [-0.2, 0) is 6.54 Å². The van der Waals surface area contributed by atoms with Gasteiger partial charge in [-0.25, -0.2) is 0 Å². The molecule has 0 bridgehead atoms. The number of anilines is 1. The van der Waals surface area contributed by atoms with E-state index in [1.165, 1.54) is 0 Å². The van der Waals surface area contributed by atoms with Crippen molar-refractivity contribution in [2.45, 2.75) is 33.7 Å². The summed E-state index contributed by atoms with van der Waals surface area (Å²) in [5.41, 5.74) is 6.59. The van der Waals surface area contributed by atoms with Gasteiger partial charge in [0.2, 0.25) is 0 Å². The number of pyridine rings is 1. The standard InChI is InChI=1S/C12H16BrN3O/c1-8-9(15)6-16(11(17)10(8)13)5-4-12(2,3)7-14/h6H,4-5,15H2,1-3H3. The van der Waals surface area contributed by atoms with Crippen LogP contribution in [0.5, 0.6) is 0 Å². The van der Waals surface area contributed by atoms with Gasteiger partial charge in [0, 0.05) is 12.7 Å². The van der Waals surface area contributed by atoms with Gasteiger partial charge in [0.05, 0.1) is 21.6 Å². The average molecular weight is 298 g/mol. The van der Waals surface area contributed by atoms with Crippen molar-refractivity contribution in [3.63, 3.8) is 0 Å². The Bertz CT molecular complexity index is 526. The molecule has 0 aliphatic rings. The Kier molecular flexibility index (Phi) is 3.99. The summed E-state index contributed by atoms with van der Waals surface area (Å²) >= 11 is 3.24. The van der Waals surface area contributed by atoms with Crippen molar-refractivity contribution in [2.24, 2.45) is 5.41 Å². The quantitative estimate of drug-likeness (QED) is 0.931. The fraction of sp³-hybridized carbons (Fsp3) is 0.500. The van der Waals surface area contributed by atoms with Crippen molar-refractivity contribution in [1.82, 2.24) is 4.57 Å². The van der Waals surface area contributed by atoms with Crippen molar-refractivity contribution in [3.8, 4) is 6.07 Å². The van der Waals surface area contributed by atoms with Gasteiger partial charge in [-0.2, -0.15) is 5.26 Å². The lowest BCUT2D eigenvalue weighted by atomic mass is 9.91. The highest BCUT2D eigenvalue weighted by Gasteiger charge is 2.17. The van der Waals surface area contributed by atoms with Crippen LogP contribution >= 0.6 is 15.9 Å². The van der Waals surface area contributed by atoms with Crippen molar-refractivity contribution < 1.29 is 0 Å². The number of aryl methyl sites for hydroxylation is 1. The molecule has 0 spiro atoms. The van der Waals surface area contributed by atoms with Gasteiger partial charge in [0.1, 0.15) is 0 Å². The third-order valence-corrected chi connectivity index (χ3v) is 3.72. The van der Waals surface area contributed by atoms with Gasteiger partial charge in [-0.3, -0.25) is 4.79 Å². The number of hydrogen-bond donors (Lipinski definition) is 1. The molecule has 0 unspecified atom stereocenters. The van der Waals surface area contributed by atoms with Crippen LogP contribution in [0.1, 0.15) is 25.8 Å². The Hall–Kier alpha value is -1.28. The Morgan fingerprint density at radius 3 is 2.71 bits per heavy atom. The van der Waals surface area contributed by atoms with Gasteiger partial charge in [0.15, 0.2) is 0 Å². The van der Waals surface area contributed by atoms with E-state index in [-0.39, 0.29) is 5.56 Å². The van der Waals surface area contributed by atoms with Gasteiger partial charge in [-0.15, -0.1) is 0 Å². The fourth-order valence-corrected chi connectivity index (χ4v) is 1.82. The molecule has 92 valence electrons. The maximum atomic E-state index is 11.9. The second kappa shape index (κ2) is 4.92. The fourth-order valence-electron chi connectivity index (χ4n) is 1.36. The molecule has 1 aromatic rings. The lowest BCUT2D eigenvalue weighted by Crippen LogP contribution is -2.24.